The standard InChI is InChI=1S/C12H9F3N2O4/c13-12(14,15)16-7-1-3-8(4-2-7)20-6-9-5-10(11(18)19)17-21-9/h1-5,16H,6H2,(H,18,19). The Morgan fingerprint density at radius 1 is 1.33 bits per heavy atom. The number of carbonyl (C=O) groups is 1. The van der Waals surface area contributed by atoms with Gasteiger partial charge in [-0.2, -0.15) is 13.2 Å². The molecule has 2 N–H and O–H groups in total. The number of alkyl halides is 3. The summed E-state index contributed by atoms with van der Waals surface area (Å²) < 4.78 is 46.2. The first kappa shape index (κ1) is 14.7. The third-order valence-electron chi connectivity index (χ3n) is 2.30. The number of carboxylic acid groups (broad SMARTS) is 1. The van der Waals surface area contributed by atoms with Gasteiger partial charge in [0.05, 0.1) is 0 Å². The number of rotatable bonds is 5. The summed E-state index contributed by atoms with van der Waals surface area (Å²) in [6.07, 6.45) is -4.50. The minimum absolute atomic E-state index is 0.0909. The quantitative estimate of drug-likeness (QED) is 0.826. The fourth-order valence-corrected chi connectivity index (χ4v) is 1.43. The normalized spacial score (nSPS) is 11.2. The first-order valence-electron chi connectivity index (χ1n) is 5.60. The van der Waals surface area contributed by atoms with Gasteiger partial charge in [0.15, 0.2) is 11.5 Å². The van der Waals surface area contributed by atoms with E-state index in [4.69, 9.17) is 14.4 Å². The van der Waals surface area contributed by atoms with Crippen LogP contribution < -0.4 is 10.1 Å². The maximum atomic E-state index is 12.1. The van der Waals surface area contributed by atoms with Gasteiger partial charge in [0.25, 0.3) is 0 Å². The molecule has 9 heteroatoms. The highest BCUT2D eigenvalue weighted by molar-refractivity contribution is 5.85. The van der Waals surface area contributed by atoms with Gasteiger partial charge in [0, 0.05) is 11.8 Å². The molecular formula is C12H9F3N2O4. The molecule has 6 nitrogen and oxygen atoms in total. The summed E-state index contributed by atoms with van der Waals surface area (Å²) in [6, 6.07) is 6.27. The van der Waals surface area contributed by atoms with E-state index in [0.29, 0.717) is 5.75 Å². The van der Waals surface area contributed by atoms with Crippen molar-refractivity contribution >= 4 is 11.7 Å². The highest BCUT2D eigenvalue weighted by Gasteiger charge is 2.26. The Kier molecular flexibility index (Phi) is 4.01. The SMILES string of the molecule is O=C(O)c1cc(COc2ccc(NC(F)(F)F)cc2)on1. The Morgan fingerprint density at radius 2 is 2.00 bits per heavy atom. The van der Waals surface area contributed by atoms with E-state index < -0.39 is 12.3 Å². The summed E-state index contributed by atoms with van der Waals surface area (Å²) in [5.41, 5.74) is -0.374. The molecule has 0 radical (unpaired) electrons. The van der Waals surface area contributed by atoms with E-state index in [0.717, 1.165) is 0 Å². The number of aromatic nitrogens is 1. The third-order valence-corrected chi connectivity index (χ3v) is 2.30. The molecule has 0 atom stereocenters. The Balaban J connectivity index is 1.92. The average molecular weight is 302 g/mol. The number of ether oxygens (including phenoxy) is 1. The number of nitrogens with zero attached hydrogens (tertiary/aromatic N) is 1. The van der Waals surface area contributed by atoms with Crippen molar-refractivity contribution in [3.05, 3.63) is 41.8 Å². The number of hydrogen-bond acceptors (Lipinski definition) is 5. The fraction of sp³-hybridized carbons (Fsp3) is 0.167. The first-order valence-corrected chi connectivity index (χ1v) is 5.60. The number of benzene rings is 1. The van der Waals surface area contributed by atoms with E-state index in [-0.39, 0.29) is 23.7 Å². The second-order valence-corrected chi connectivity index (χ2v) is 3.92. The van der Waals surface area contributed by atoms with Gasteiger partial charge in [-0.3, -0.25) is 5.32 Å². The van der Waals surface area contributed by atoms with Crippen molar-refractivity contribution in [2.75, 3.05) is 5.32 Å². The van der Waals surface area contributed by atoms with Crippen LogP contribution in [-0.4, -0.2) is 22.5 Å². The van der Waals surface area contributed by atoms with E-state index in [9.17, 15) is 18.0 Å². The second kappa shape index (κ2) is 5.73. The van der Waals surface area contributed by atoms with Crippen molar-refractivity contribution in [3.8, 4) is 5.75 Å². The molecule has 0 aliphatic heterocycles. The van der Waals surface area contributed by atoms with Gasteiger partial charge in [0.2, 0.25) is 0 Å². The summed E-state index contributed by atoms with van der Waals surface area (Å²) in [4.78, 5) is 10.6. The Hall–Kier alpha value is -2.71. The molecular weight excluding hydrogens is 293 g/mol. The summed E-state index contributed by atoms with van der Waals surface area (Å²) in [6.45, 7) is -0.0909. The minimum Gasteiger partial charge on any atom is -0.486 e. The summed E-state index contributed by atoms with van der Waals surface area (Å²) in [5.74, 6) is -0.742. The fourth-order valence-electron chi connectivity index (χ4n) is 1.43. The van der Waals surface area contributed by atoms with Crippen molar-refractivity contribution < 1.29 is 32.3 Å². The van der Waals surface area contributed by atoms with Crippen LogP contribution in [0.3, 0.4) is 0 Å². The molecule has 112 valence electrons. The number of carboxylic acids is 1. The molecule has 1 aromatic heterocycles. The van der Waals surface area contributed by atoms with Gasteiger partial charge in [0.1, 0.15) is 12.4 Å². The molecule has 0 aliphatic carbocycles. The van der Waals surface area contributed by atoms with Gasteiger partial charge in [-0.25, -0.2) is 4.79 Å². The number of hydrogen-bond donors (Lipinski definition) is 2. The van der Waals surface area contributed by atoms with Crippen molar-refractivity contribution in [1.29, 1.82) is 0 Å². The lowest BCUT2D eigenvalue weighted by Gasteiger charge is -2.10. The molecule has 0 spiro atoms. The van der Waals surface area contributed by atoms with Crippen LogP contribution in [0.1, 0.15) is 16.2 Å². The molecule has 0 bridgehead atoms. The smallest absolute Gasteiger partial charge is 0.482 e. The molecule has 0 saturated heterocycles. The van der Waals surface area contributed by atoms with Gasteiger partial charge in [-0.1, -0.05) is 5.16 Å². The number of halogens is 3. The molecule has 2 rings (SSSR count). The number of aromatic carboxylic acids is 1. The van der Waals surface area contributed by atoms with E-state index in [1.165, 1.54) is 35.6 Å². The lowest BCUT2D eigenvalue weighted by molar-refractivity contribution is -0.0999. The average Bonchev–Trinajstić information content (AvgIpc) is 2.85. The van der Waals surface area contributed by atoms with Crippen molar-refractivity contribution in [1.82, 2.24) is 5.16 Å². The Labute approximate surface area is 116 Å². The molecule has 1 aromatic carbocycles. The zero-order valence-electron chi connectivity index (χ0n) is 10.3. The Morgan fingerprint density at radius 3 is 2.52 bits per heavy atom. The summed E-state index contributed by atoms with van der Waals surface area (Å²) >= 11 is 0. The minimum atomic E-state index is -4.50. The van der Waals surface area contributed by atoms with Gasteiger partial charge >= 0.3 is 12.3 Å². The largest absolute Gasteiger partial charge is 0.486 e. The van der Waals surface area contributed by atoms with Crippen molar-refractivity contribution in [3.63, 3.8) is 0 Å². The summed E-state index contributed by atoms with van der Waals surface area (Å²) in [5, 5.41) is 13.3. The predicted molar refractivity (Wildman–Crippen MR) is 63.9 cm³/mol. The van der Waals surface area contributed by atoms with Crippen LogP contribution in [0.5, 0.6) is 5.75 Å². The topological polar surface area (TPSA) is 84.6 Å². The molecule has 1 heterocycles. The van der Waals surface area contributed by atoms with Crippen LogP contribution in [0.2, 0.25) is 0 Å². The third kappa shape index (κ3) is 4.41. The van der Waals surface area contributed by atoms with Crippen molar-refractivity contribution in [2.24, 2.45) is 0 Å². The lowest BCUT2D eigenvalue weighted by atomic mass is 10.3. The maximum absolute atomic E-state index is 12.1. The maximum Gasteiger partial charge on any atom is 0.482 e. The Bertz CT molecular complexity index is 622. The summed E-state index contributed by atoms with van der Waals surface area (Å²) in [7, 11) is 0. The van der Waals surface area contributed by atoms with Crippen LogP contribution in [0.25, 0.3) is 0 Å². The molecule has 0 saturated carbocycles. The van der Waals surface area contributed by atoms with Crippen LogP contribution >= 0.6 is 0 Å². The van der Waals surface area contributed by atoms with E-state index >= 15 is 0 Å². The zero-order chi connectivity index (χ0) is 15.5. The van der Waals surface area contributed by atoms with E-state index in [1.54, 1.807) is 0 Å². The first-order chi connectivity index (χ1) is 9.83. The lowest BCUT2D eigenvalue weighted by Crippen LogP contribution is -2.20. The highest BCUT2D eigenvalue weighted by atomic mass is 19.4. The zero-order valence-corrected chi connectivity index (χ0v) is 10.3. The molecule has 0 aliphatic rings. The van der Waals surface area contributed by atoms with Gasteiger partial charge in [-0.05, 0) is 24.3 Å². The van der Waals surface area contributed by atoms with Crippen LogP contribution in [0.4, 0.5) is 18.9 Å². The van der Waals surface area contributed by atoms with Crippen molar-refractivity contribution in [2.45, 2.75) is 12.9 Å². The van der Waals surface area contributed by atoms with Crippen LogP contribution in [-0.2, 0) is 6.61 Å². The predicted octanol–water partition coefficient (Wildman–Crippen LogP) is 2.88. The molecule has 0 unspecified atom stereocenters. The molecule has 21 heavy (non-hydrogen) atoms. The number of nitrogens with one attached hydrogen (secondary N) is 1. The van der Waals surface area contributed by atoms with Crippen LogP contribution in [0.15, 0.2) is 34.9 Å². The van der Waals surface area contributed by atoms with Crippen LogP contribution in [0, 0.1) is 0 Å². The van der Waals surface area contributed by atoms with E-state index in [1.807, 2.05) is 0 Å². The highest BCUT2D eigenvalue weighted by Crippen LogP contribution is 2.22. The molecule has 0 amide bonds. The second-order valence-electron chi connectivity index (χ2n) is 3.92. The molecule has 0 fully saturated rings. The monoisotopic (exact) mass is 302 g/mol. The molecule has 2 aromatic rings. The van der Waals surface area contributed by atoms with E-state index in [2.05, 4.69) is 5.16 Å². The number of anilines is 1. The van der Waals surface area contributed by atoms with Gasteiger partial charge < -0.3 is 14.4 Å². The van der Waals surface area contributed by atoms with Gasteiger partial charge in [-0.15, -0.1) is 0 Å².